The maximum absolute atomic E-state index is 6.02. The van der Waals surface area contributed by atoms with Gasteiger partial charge in [0.1, 0.15) is 0 Å². The third kappa shape index (κ3) is 2.45. The van der Waals surface area contributed by atoms with E-state index in [4.69, 9.17) is 21.1 Å². The van der Waals surface area contributed by atoms with Gasteiger partial charge in [0.2, 0.25) is 5.28 Å². The molecule has 3 aliphatic heterocycles. The summed E-state index contributed by atoms with van der Waals surface area (Å²) < 4.78 is 11.1. The van der Waals surface area contributed by atoms with Crippen LogP contribution in [0.5, 0.6) is 0 Å². The van der Waals surface area contributed by atoms with Crippen molar-refractivity contribution in [2.75, 3.05) is 49.3 Å². The molecule has 1 unspecified atom stereocenters. The molecule has 7 heteroatoms. The Bertz CT molecular complexity index is 524. The molecule has 0 bridgehead atoms. The van der Waals surface area contributed by atoms with Crippen LogP contribution < -0.4 is 9.80 Å². The van der Waals surface area contributed by atoms with Gasteiger partial charge in [0.05, 0.1) is 31.1 Å². The molecule has 1 aromatic heterocycles. The summed E-state index contributed by atoms with van der Waals surface area (Å²) in [7, 11) is 0. The number of hydrogen-bond acceptors (Lipinski definition) is 6. The highest BCUT2D eigenvalue weighted by Gasteiger charge is 2.37. The van der Waals surface area contributed by atoms with Crippen molar-refractivity contribution in [3.8, 4) is 0 Å². The van der Waals surface area contributed by atoms with Crippen LogP contribution >= 0.6 is 11.6 Å². The van der Waals surface area contributed by atoms with Crippen LogP contribution in [0.1, 0.15) is 12.8 Å². The number of nitrogens with zero attached hydrogens (tertiary/aromatic N) is 4. The lowest BCUT2D eigenvalue weighted by atomic mass is 10.0. The standard InChI is InChI=1S/C14H19ClN4O2/c15-14-16-7-12-13(17-14)18-3-6-21-9-11(18)8-19(12)10-1-4-20-5-2-10/h7,10-11H,1-6,8-9H2. The van der Waals surface area contributed by atoms with Crippen molar-refractivity contribution in [1.29, 1.82) is 0 Å². The number of aromatic nitrogens is 2. The Kier molecular flexibility index (Phi) is 3.61. The topological polar surface area (TPSA) is 50.7 Å². The maximum atomic E-state index is 6.02. The number of morpholine rings is 1. The number of ether oxygens (including phenoxy) is 2. The quantitative estimate of drug-likeness (QED) is 0.730. The van der Waals surface area contributed by atoms with Gasteiger partial charge in [-0.05, 0) is 24.4 Å². The minimum absolute atomic E-state index is 0.313. The highest BCUT2D eigenvalue weighted by atomic mass is 35.5. The number of halogens is 1. The average Bonchev–Trinajstić information content (AvgIpc) is 2.55. The highest BCUT2D eigenvalue weighted by Crippen LogP contribution is 2.37. The lowest BCUT2D eigenvalue weighted by Gasteiger charge is -2.48. The Morgan fingerprint density at radius 2 is 1.95 bits per heavy atom. The second kappa shape index (κ2) is 5.59. The van der Waals surface area contributed by atoms with E-state index in [1.807, 2.05) is 6.20 Å². The number of fused-ring (bicyclic) bond motifs is 3. The normalized spacial score (nSPS) is 26.4. The van der Waals surface area contributed by atoms with Gasteiger partial charge in [0.25, 0.3) is 0 Å². The van der Waals surface area contributed by atoms with Crippen LogP contribution in [0, 0.1) is 0 Å². The second-order valence-corrected chi connectivity index (χ2v) is 6.10. The van der Waals surface area contributed by atoms with Gasteiger partial charge in [-0.2, -0.15) is 4.98 Å². The van der Waals surface area contributed by atoms with E-state index in [1.54, 1.807) is 0 Å². The average molecular weight is 311 g/mol. The summed E-state index contributed by atoms with van der Waals surface area (Å²) in [6.07, 6.45) is 3.97. The van der Waals surface area contributed by atoms with Crippen LogP contribution in [0.4, 0.5) is 11.5 Å². The van der Waals surface area contributed by atoms with Crippen molar-refractivity contribution in [1.82, 2.24) is 9.97 Å². The van der Waals surface area contributed by atoms with Crippen molar-refractivity contribution in [3.05, 3.63) is 11.5 Å². The third-order valence-electron chi connectivity index (χ3n) is 4.57. The molecule has 4 rings (SSSR count). The monoisotopic (exact) mass is 310 g/mol. The van der Waals surface area contributed by atoms with Crippen molar-refractivity contribution in [2.24, 2.45) is 0 Å². The number of anilines is 2. The van der Waals surface area contributed by atoms with Crippen LogP contribution in [0.25, 0.3) is 0 Å². The van der Waals surface area contributed by atoms with Crippen LogP contribution in [0.15, 0.2) is 6.20 Å². The van der Waals surface area contributed by atoms with Crippen LogP contribution in [-0.4, -0.2) is 61.6 Å². The summed E-state index contributed by atoms with van der Waals surface area (Å²) >= 11 is 6.02. The molecule has 0 amide bonds. The van der Waals surface area contributed by atoms with Crippen LogP contribution in [0.3, 0.4) is 0 Å². The van der Waals surface area contributed by atoms with E-state index in [2.05, 4.69) is 19.8 Å². The second-order valence-electron chi connectivity index (χ2n) is 5.77. The molecule has 0 aromatic carbocycles. The van der Waals surface area contributed by atoms with Gasteiger partial charge in [0, 0.05) is 32.3 Å². The maximum Gasteiger partial charge on any atom is 0.224 e. The molecule has 1 aromatic rings. The van der Waals surface area contributed by atoms with Gasteiger partial charge in [-0.25, -0.2) is 4.98 Å². The molecule has 0 spiro atoms. The number of rotatable bonds is 1. The Hall–Kier alpha value is -1.11. The third-order valence-corrected chi connectivity index (χ3v) is 4.75. The molecule has 2 fully saturated rings. The first kappa shape index (κ1) is 13.5. The smallest absolute Gasteiger partial charge is 0.224 e. The fraction of sp³-hybridized carbons (Fsp3) is 0.714. The summed E-state index contributed by atoms with van der Waals surface area (Å²) in [5, 5.41) is 0.313. The zero-order valence-electron chi connectivity index (χ0n) is 11.9. The van der Waals surface area contributed by atoms with Crippen LogP contribution in [0.2, 0.25) is 5.28 Å². The van der Waals surface area contributed by atoms with Gasteiger partial charge >= 0.3 is 0 Å². The predicted molar refractivity (Wildman–Crippen MR) is 80.2 cm³/mol. The fourth-order valence-corrected chi connectivity index (χ4v) is 3.64. The summed E-state index contributed by atoms with van der Waals surface area (Å²) in [5.41, 5.74) is 1.10. The Labute approximate surface area is 129 Å². The largest absolute Gasteiger partial charge is 0.381 e. The Morgan fingerprint density at radius 1 is 1.10 bits per heavy atom. The van der Waals surface area contributed by atoms with Crippen molar-refractivity contribution in [2.45, 2.75) is 24.9 Å². The zero-order chi connectivity index (χ0) is 14.2. The SMILES string of the molecule is Clc1ncc2c(n1)N1CCOCC1CN2C1CCOCC1. The van der Waals surface area contributed by atoms with Gasteiger partial charge in [-0.1, -0.05) is 0 Å². The van der Waals surface area contributed by atoms with E-state index in [0.29, 0.717) is 17.4 Å². The van der Waals surface area contributed by atoms with E-state index in [9.17, 15) is 0 Å². The van der Waals surface area contributed by atoms with E-state index in [-0.39, 0.29) is 0 Å². The predicted octanol–water partition coefficient (Wildman–Crippen LogP) is 1.33. The van der Waals surface area contributed by atoms with E-state index >= 15 is 0 Å². The minimum Gasteiger partial charge on any atom is -0.381 e. The molecule has 0 N–H and O–H groups in total. The molecule has 0 saturated carbocycles. The molecule has 114 valence electrons. The first-order chi connectivity index (χ1) is 10.3. The van der Waals surface area contributed by atoms with Gasteiger partial charge in [0.15, 0.2) is 5.82 Å². The van der Waals surface area contributed by atoms with E-state index < -0.39 is 0 Å². The van der Waals surface area contributed by atoms with Gasteiger partial charge < -0.3 is 19.3 Å². The molecule has 1 atom stereocenters. The summed E-state index contributed by atoms with van der Waals surface area (Å²) in [4.78, 5) is 13.4. The molecule has 21 heavy (non-hydrogen) atoms. The van der Waals surface area contributed by atoms with Crippen molar-refractivity contribution >= 4 is 23.1 Å². The molecule has 2 saturated heterocycles. The summed E-state index contributed by atoms with van der Waals surface area (Å²) in [6, 6.07) is 0.839. The summed E-state index contributed by atoms with van der Waals surface area (Å²) in [6.45, 7) is 4.98. The van der Waals surface area contributed by atoms with Crippen molar-refractivity contribution in [3.63, 3.8) is 0 Å². The zero-order valence-corrected chi connectivity index (χ0v) is 12.6. The molecule has 0 radical (unpaired) electrons. The number of hydrogen-bond donors (Lipinski definition) is 0. The Morgan fingerprint density at radius 3 is 2.81 bits per heavy atom. The lowest BCUT2D eigenvalue weighted by Crippen LogP contribution is -2.58. The molecule has 6 nitrogen and oxygen atoms in total. The molecular formula is C14H19ClN4O2. The van der Waals surface area contributed by atoms with Gasteiger partial charge in [-0.3, -0.25) is 0 Å². The summed E-state index contributed by atoms with van der Waals surface area (Å²) in [5.74, 6) is 0.959. The van der Waals surface area contributed by atoms with E-state index in [1.165, 1.54) is 0 Å². The highest BCUT2D eigenvalue weighted by molar-refractivity contribution is 6.28. The molecule has 4 heterocycles. The van der Waals surface area contributed by atoms with Gasteiger partial charge in [-0.15, -0.1) is 0 Å². The first-order valence-corrected chi connectivity index (χ1v) is 7.92. The molecule has 0 aliphatic carbocycles. The minimum atomic E-state index is 0.313. The van der Waals surface area contributed by atoms with E-state index in [0.717, 1.165) is 63.9 Å². The van der Waals surface area contributed by atoms with Crippen molar-refractivity contribution < 1.29 is 9.47 Å². The molecular weight excluding hydrogens is 292 g/mol. The fourth-order valence-electron chi connectivity index (χ4n) is 3.51. The Balaban J connectivity index is 1.71. The lowest BCUT2D eigenvalue weighted by molar-refractivity contribution is 0.0762. The first-order valence-electron chi connectivity index (χ1n) is 7.54. The van der Waals surface area contributed by atoms with Crippen LogP contribution in [-0.2, 0) is 9.47 Å². The molecule has 3 aliphatic rings.